The van der Waals surface area contributed by atoms with Crippen molar-refractivity contribution in [1.29, 1.82) is 0 Å². The van der Waals surface area contributed by atoms with Crippen LogP contribution in [0.4, 0.5) is 0 Å². The molecular weight excluding hydrogens is 200 g/mol. The van der Waals surface area contributed by atoms with Gasteiger partial charge in [0.25, 0.3) is 0 Å². The van der Waals surface area contributed by atoms with E-state index in [1.807, 2.05) is 19.3 Å². The molecule has 0 fully saturated rings. The lowest BCUT2D eigenvalue weighted by Gasteiger charge is -2.18. The molecule has 0 aliphatic carbocycles. The number of pyridine rings is 1. The summed E-state index contributed by atoms with van der Waals surface area (Å²) in [5.41, 5.74) is 1.31. The average molecular weight is 222 g/mol. The normalized spacial score (nSPS) is 12.6. The van der Waals surface area contributed by atoms with Crippen molar-refractivity contribution in [2.45, 2.75) is 32.7 Å². The zero-order valence-corrected chi connectivity index (χ0v) is 10.3. The first-order chi connectivity index (χ1) is 7.86. The summed E-state index contributed by atoms with van der Waals surface area (Å²) < 4.78 is 5.49. The van der Waals surface area contributed by atoms with Gasteiger partial charge in [0.2, 0.25) is 0 Å². The Labute approximate surface area is 98.2 Å². The van der Waals surface area contributed by atoms with E-state index in [0.717, 1.165) is 32.6 Å². The van der Waals surface area contributed by atoms with Crippen molar-refractivity contribution in [2.24, 2.45) is 0 Å². The van der Waals surface area contributed by atoms with Gasteiger partial charge in [-0.05, 0) is 44.0 Å². The molecule has 1 heterocycles. The summed E-state index contributed by atoms with van der Waals surface area (Å²) in [5.74, 6) is 0. The molecule has 0 bridgehead atoms. The van der Waals surface area contributed by atoms with Gasteiger partial charge in [0.15, 0.2) is 0 Å². The minimum Gasteiger partial charge on any atom is -0.380 e. The Morgan fingerprint density at radius 3 is 2.69 bits per heavy atom. The highest BCUT2D eigenvalue weighted by molar-refractivity contribution is 5.11. The van der Waals surface area contributed by atoms with E-state index >= 15 is 0 Å². The van der Waals surface area contributed by atoms with Crippen LogP contribution in [0.15, 0.2) is 24.5 Å². The summed E-state index contributed by atoms with van der Waals surface area (Å²) in [6.45, 7) is 6.81. The molecule has 16 heavy (non-hydrogen) atoms. The zero-order chi connectivity index (χ0) is 11.6. The molecule has 1 aromatic heterocycles. The van der Waals surface area contributed by atoms with Gasteiger partial charge in [-0.25, -0.2) is 0 Å². The van der Waals surface area contributed by atoms with Gasteiger partial charge in [0, 0.05) is 25.0 Å². The number of hydrogen-bond acceptors (Lipinski definition) is 3. The van der Waals surface area contributed by atoms with Crippen molar-refractivity contribution in [2.75, 3.05) is 19.8 Å². The van der Waals surface area contributed by atoms with Crippen LogP contribution in [0.2, 0.25) is 0 Å². The summed E-state index contributed by atoms with van der Waals surface area (Å²) in [5, 5.41) is 3.51. The predicted molar refractivity (Wildman–Crippen MR) is 66.5 cm³/mol. The highest BCUT2D eigenvalue weighted by Gasteiger charge is 2.08. The van der Waals surface area contributed by atoms with Gasteiger partial charge in [-0.2, -0.15) is 0 Å². The molecule has 0 aromatic carbocycles. The summed E-state index contributed by atoms with van der Waals surface area (Å²) in [6.07, 6.45) is 5.83. The van der Waals surface area contributed by atoms with Gasteiger partial charge in [-0.1, -0.05) is 6.92 Å². The molecule has 1 rings (SSSR count). The number of nitrogens with zero attached hydrogens (tertiary/aromatic N) is 1. The van der Waals surface area contributed by atoms with Crippen molar-refractivity contribution in [1.82, 2.24) is 10.3 Å². The molecule has 3 nitrogen and oxygen atoms in total. The molecule has 0 saturated heterocycles. The van der Waals surface area contributed by atoms with Gasteiger partial charge < -0.3 is 10.1 Å². The van der Waals surface area contributed by atoms with Crippen molar-refractivity contribution < 1.29 is 4.74 Å². The summed E-state index contributed by atoms with van der Waals surface area (Å²) in [6, 6.07) is 4.53. The minimum atomic E-state index is 0.405. The largest absolute Gasteiger partial charge is 0.380 e. The fourth-order valence-electron chi connectivity index (χ4n) is 1.60. The Hall–Kier alpha value is -0.930. The highest BCUT2D eigenvalue weighted by atomic mass is 16.5. The quantitative estimate of drug-likeness (QED) is 0.731. The molecule has 0 spiro atoms. The molecule has 1 aromatic rings. The molecule has 1 unspecified atom stereocenters. The third kappa shape index (κ3) is 5.24. The lowest BCUT2D eigenvalue weighted by molar-refractivity contribution is 0.122. The van der Waals surface area contributed by atoms with Crippen LogP contribution in [0.5, 0.6) is 0 Å². The molecular formula is C13H22N2O. The molecule has 0 aliphatic rings. The lowest BCUT2D eigenvalue weighted by atomic mass is 10.1. The van der Waals surface area contributed by atoms with Crippen molar-refractivity contribution in [3.05, 3.63) is 30.1 Å². The first-order valence-corrected chi connectivity index (χ1v) is 6.06. The molecule has 1 atom stereocenters. The van der Waals surface area contributed by atoms with Crippen molar-refractivity contribution in [3.63, 3.8) is 0 Å². The summed E-state index contributed by atoms with van der Waals surface area (Å²) in [4.78, 5) is 4.03. The van der Waals surface area contributed by atoms with Crippen LogP contribution in [0.25, 0.3) is 0 Å². The van der Waals surface area contributed by atoms with E-state index in [0.29, 0.717) is 6.04 Å². The second-order valence-corrected chi connectivity index (χ2v) is 3.87. The second-order valence-electron chi connectivity index (χ2n) is 3.87. The third-order valence-corrected chi connectivity index (χ3v) is 2.44. The predicted octanol–water partition coefficient (Wildman–Crippen LogP) is 2.03. The summed E-state index contributed by atoms with van der Waals surface area (Å²) >= 11 is 0. The number of ether oxygens (including phenoxy) is 1. The number of hydrogen-bond donors (Lipinski definition) is 1. The van der Waals surface area contributed by atoms with Crippen LogP contribution < -0.4 is 5.32 Å². The minimum absolute atomic E-state index is 0.405. The van der Waals surface area contributed by atoms with E-state index in [9.17, 15) is 0 Å². The molecule has 1 N–H and O–H groups in total. The topological polar surface area (TPSA) is 34.1 Å². The van der Waals surface area contributed by atoms with E-state index in [4.69, 9.17) is 4.74 Å². The van der Waals surface area contributed by atoms with Crippen LogP contribution in [0.1, 0.15) is 25.8 Å². The first-order valence-electron chi connectivity index (χ1n) is 6.06. The highest BCUT2D eigenvalue weighted by Crippen LogP contribution is 2.02. The van der Waals surface area contributed by atoms with Crippen LogP contribution in [-0.2, 0) is 11.2 Å². The van der Waals surface area contributed by atoms with Gasteiger partial charge in [-0.3, -0.25) is 4.98 Å². The Morgan fingerprint density at radius 1 is 1.31 bits per heavy atom. The van der Waals surface area contributed by atoms with Crippen LogP contribution in [0.3, 0.4) is 0 Å². The van der Waals surface area contributed by atoms with Gasteiger partial charge in [0.1, 0.15) is 0 Å². The van der Waals surface area contributed by atoms with E-state index in [1.54, 1.807) is 0 Å². The second kappa shape index (κ2) is 8.25. The number of rotatable bonds is 8. The Morgan fingerprint density at radius 2 is 2.06 bits per heavy atom. The molecule has 0 saturated carbocycles. The number of nitrogens with one attached hydrogen (secondary N) is 1. The van der Waals surface area contributed by atoms with Crippen molar-refractivity contribution in [3.8, 4) is 0 Å². The third-order valence-electron chi connectivity index (χ3n) is 2.44. The molecule has 0 amide bonds. The van der Waals surface area contributed by atoms with Crippen LogP contribution in [0, 0.1) is 0 Å². The first kappa shape index (κ1) is 13.1. The van der Waals surface area contributed by atoms with E-state index < -0.39 is 0 Å². The molecule has 0 aliphatic heterocycles. The molecule has 3 heteroatoms. The van der Waals surface area contributed by atoms with Crippen molar-refractivity contribution >= 4 is 0 Å². The smallest absolute Gasteiger partial charge is 0.0622 e. The maximum Gasteiger partial charge on any atom is 0.0622 e. The summed E-state index contributed by atoms with van der Waals surface area (Å²) in [7, 11) is 0. The Balaban J connectivity index is 2.42. The van der Waals surface area contributed by atoms with E-state index in [2.05, 4.69) is 29.4 Å². The maximum atomic E-state index is 5.49. The maximum absolute atomic E-state index is 5.49. The standard InChI is InChI=1S/C13H22N2O/c1-3-7-15-13(11-16-4-2)10-12-5-8-14-9-6-12/h5-6,8-9,13,15H,3-4,7,10-11H2,1-2H3. The van der Waals surface area contributed by atoms with Gasteiger partial charge >= 0.3 is 0 Å². The van der Waals surface area contributed by atoms with E-state index in [-0.39, 0.29) is 0 Å². The SMILES string of the molecule is CCCNC(COCC)Cc1ccncc1. The Bertz CT molecular complexity index is 256. The zero-order valence-electron chi connectivity index (χ0n) is 10.3. The monoisotopic (exact) mass is 222 g/mol. The van der Waals surface area contributed by atoms with Crippen LogP contribution >= 0.6 is 0 Å². The molecule has 90 valence electrons. The number of aromatic nitrogens is 1. The fraction of sp³-hybridized carbons (Fsp3) is 0.615. The van der Waals surface area contributed by atoms with Gasteiger partial charge in [0.05, 0.1) is 6.61 Å². The molecule has 0 radical (unpaired) electrons. The lowest BCUT2D eigenvalue weighted by Crippen LogP contribution is -2.36. The Kier molecular flexibility index (Phi) is 6.77. The van der Waals surface area contributed by atoms with E-state index in [1.165, 1.54) is 5.56 Å². The van der Waals surface area contributed by atoms with Crippen LogP contribution in [-0.4, -0.2) is 30.8 Å². The van der Waals surface area contributed by atoms with Gasteiger partial charge in [-0.15, -0.1) is 0 Å². The average Bonchev–Trinajstić information content (AvgIpc) is 2.34. The fourth-order valence-corrected chi connectivity index (χ4v) is 1.60.